The minimum absolute atomic E-state index is 0. The van der Waals surface area contributed by atoms with Gasteiger partial charge in [-0.15, -0.1) is 0 Å². The van der Waals surface area contributed by atoms with E-state index in [0.29, 0.717) is 0 Å². The third-order valence-corrected chi connectivity index (χ3v) is 0. The second kappa shape index (κ2) is 50.9. The van der Waals surface area contributed by atoms with Gasteiger partial charge in [-0.2, -0.15) is 0 Å². The Morgan fingerprint density at radius 1 is 0.500 bits per heavy atom. The summed E-state index contributed by atoms with van der Waals surface area (Å²) in [5, 5.41) is 0. The van der Waals surface area contributed by atoms with Gasteiger partial charge in [0.25, 0.3) is 0 Å². The van der Waals surface area contributed by atoms with E-state index in [4.69, 9.17) is 0 Å². The van der Waals surface area contributed by atoms with Gasteiger partial charge >= 0.3 is 79.9 Å². The van der Waals surface area contributed by atoms with Crippen molar-refractivity contribution in [3.05, 3.63) is 0 Å². The summed E-state index contributed by atoms with van der Waals surface area (Å²) in [6.45, 7) is 0. The Hall–Kier alpha value is 2.49. The molecule has 0 aromatic carbocycles. The summed E-state index contributed by atoms with van der Waals surface area (Å²) in [6.07, 6.45) is 0. The molecule has 0 spiro atoms. The van der Waals surface area contributed by atoms with E-state index in [-0.39, 0.29) is 102 Å². The molecule has 0 aliphatic heterocycles. The number of hydrogen-bond donors (Lipinski definition) is 0. The quantitative estimate of drug-likeness (QED) is 0.503. The molecule has 0 aliphatic rings. The molecule has 0 saturated carbocycles. The van der Waals surface area contributed by atoms with Gasteiger partial charge in [0.15, 0.2) is 0 Å². The molecule has 0 aliphatic carbocycles. The summed E-state index contributed by atoms with van der Waals surface area (Å²) in [4.78, 5) is 0. The van der Waals surface area contributed by atoms with Crippen LogP contribution in [-0.4, -0.2) is 5.48 Å². The maximum Gasteiger partial charge on any atom is 3.00 e. The second-order valence-corrected chi connectivity index (χ2v) is 0. The van der Waals surface area contributed by atoms with Crippen LogP contribution in [0, 0.1) is 79.9 Å². The van der Waals surface area contributed by atoms with Gasteiger partial charge < -0.3 is 21.9 Å². The van der Waals surface area contributed by atoms with Crippen LogP contribution in [0.2, 0.25) is 0 Å². The van der Waals surface area contributed by atoms with Crippen LogP contribution < -0.4 is 0 Å². The van der Waals surface area contributed by atoms with Crippen LogP contribution in [0.15, 0.2) is 0 Å². The maximum atomic E-state index is 0. The van der Waals surface area contributed by atoms with Crippen LogP contribution in [0.4, 0.5) is 0 Å². The molecular formula is H2Gd2O4. The molecule has 0 fully saturated rings. The minimum atomic E-state index is 0. The molecule has 0 heterocycles. The Labute approximate surface area is 99.7 Å². The molecule has 0 aromatic heterocycles. The maximum absolute atomic E-state index is 0. The fourth-order valence-electron chi connectivity index (χ4n) is 0. The molecule has 2 radical (unpaired) electrons. The van der Waals surface area contributed by atoms with Crippen LogP contribution in [0.1, 0.15) is 0 Å². The van der Waals surface area contributed by atoms with E-state index < -0.39 is 0 Å². The molecule has 0 bridgehead atoms. The molecule has 0 aromatic rings. The van der Waals surface area contributed by atoms with Crippen LogP contribution >= 0.6 is 0 Å². The summed E-state index contributed by atoms with van der Waals surface area (Å²) >= 11 is 0. The summed E-state index contributed by atoms with van der Waals surface area (Å²) in [5.41, 5.74) is 0. The molecule has 42 valence electrons. The van der Waals surface area contributed by atoms with E-state index in [2.05, 4.69) is 0 Å². The Balaban J connectivity index is 0. The van der Waals surface area contributed by atoms with Crippen molar-refractivity contribution in [1.82, 2.24) is 0 Å². The van der Waals surface area contributed by atoms with Crippen molar-refractivity contribution < 1.29 is 102 Å². The summed E-state index contributed by atoms with van der Waals surface area (Å²) in [5.74, 6) is 0. The fraction of sp³-hybridized carbons (Fsp3) is 0. The van der Waals surface area contributed by atoms with Crippen LogP contribution in [-0.2, 0) is 16.4 Å². The van der Waals surface area contributed by atoms with E-state index in [1.165, 1.54) is 0 Å². The first-order chi connectivity index (χ1) is 0. The SMILES string of the molecule is O.[Gd+3].[Gd+3].[O-2].[O-2].[O-2]. The van der Waals surface area contributed by atoms with Gasteiger partial charge in [0.05, 0.1) is 0 Å². The van der Waals surface area contributed by atoms with E-state index in [1.807, 2.05) is 0 Å². The van der Waals surface area contributed by atoms with E-state index in [1.54, 1.807) is 0 Å². The van der Waals surface area contributed by atoms with Gasteiger partial charge in [0.2, 0.25) is 0 Å². The molecular weight excluding hydrogens is 378 g/mol. The van der Waals surface area contributed by atoms with Crippen LogP contribution in [0.5, 0.6) is 0 Å². The van der Waals surface area contributed by atoms with Gasteiger partial charge in [-0.3, -0.25) is 0 Å². The van der Waals surface area contributed by atoms with Crippen molar-refractivity contribution in [3.8, 4) is 0 Å². The molecule has 0 saturated heterocycles. The average Bonchev–Trinajstić information content (AvgIpc) is 0. The Morgan fingerprint density at radius 3 is 0.500 bits per heavy atom. The molecule has 6 heteroatoms. The molecule has 6 heavy (non-hydrogen) atoms. The van der Waals surface area contributed by atoms with E-state index in [0.717, 1.165) is 0 Å². The fourth-order valence-corrected chi connectivity index (χ4v) is 0. The predicted molar refractivity (Wildman–Crippen MR) is 5.67 cm³/mol. The van der Waals surface area contributed by atoms with E-state index >= 15 is 0 Å². The zero-order valence-electron chi connectivity index (χ0n) is 2.43. The van der Waals surface area contributed by atoms with Crippen LogP contribution in [0.25, 0.3) is 0 Å². The zero-order chi connectivity index (χ0) is 0. The minimum Gasteiger partial charge on any atom is -2.00 e. The number of hydrogen-bond acceptors (Lipinski definition) is 0. The summed E-state index contributed by atoms with van der Waals surface area (Å²) < 4.78 is 0. The topological polar surface area (TPSA) is 117 Å². The predicted octanol–water partition coefficient (Wildman–Crippen LogP) is -1.18. The van der Waals surface area contributed by atoms with Crippen molar-refractivity contribution in [3.63, 3.8) is 0 Å². The Bertz CT molecular complexity index is 5.51. The largest absolute Gasteiger partial charge is 3.00 e. The van der Waals surface area contributed by atoms with Crippen molar-refractivity contribution in [1.29, 1.82) is 0 Å². The standard InChI is InChI=1S/2Gd.H2O.3O/h;;1H2;;;/q2*+3;;3*-2. The first kappa shape index (κ1) is 76.8. The number of rotatable bonds is 0. The van der Waals surface area contributed by atoms with Crippen molar-refractivity contribution in [2.75, 3.05) is 0 Å². The first-order valence-corrected chi connectivity index (χ1v) is 0. The van der Waals surface area contributed by atoms with E-state index in [9.17, 15) is 0 Å². The Kier molecular flexibility index (Phi) is 652. The van der Waals surface area contributed by atoms with Gasteiger partial charge in [0.1, 0.15) is 0 Å². The first-order valence-electron chi connectivity index (χ1n) is 0. The average molecular weight is 381 g/mol. The van der Waals surface area contributed by atoms with Gasteiger partial charge in [-0.1, -0.05) is 0 Å². The van der Waals surface area contributed by atoms with Gasteiger partial charge in [0, 0.05) is 0 Å². The Morgan fingerprint density at radius 2 is 0.500 bits per heavy atom. The molecule has 0 amide bonds. The third-order valence-electron chi connectivity index (χ3n) is 0. The second-order valence-electron chi connectivity index (χ2n) is 0. The molecule has 4 nitrogen and oxygen atoms in total. The van der Waals surface area contributed by atoms with Crippen molar-refractivity contribution >= 4 is 0 Å². The zero-order valence-corrected chi connectivity index (χ0v) is 6.97. The van der Waals surface area contributed by atoms with Gasteiger partial charge in [-0.25, -0.2) is 0 Å². The monoisotopic (exact) mass is 382 g/mol. The van der Waals surface area contributed by atoms with Gasteiger partial charge in [-0.05, 0) is 0 Å². The summed E-state index contributed by atoms with van der Waals surface area (Å²) in [6, 6.07) is 0. The summed E-state index contributed by atoms with van der Waals surface area (Å²) in [7, 11) is 0. The van der Waals surface area contributed by atoms with Crippen LogP contribution in [0.3, 0.4) is 0 Å². The smallest absolute Gasteiger partial charge is 2.00 e. The van der Waals surface area contributed by atoms with Crippen molar-refractivity contribution in [2.45, 2.75) is 0 Å². The third kappa shape index (κ3) is 31.6. The van der Waals surface area contributed by atoms with Crippen molar-refractivity contribution in [2.24, 2.45) is 0 Å². The molecule has 0 atom stereocenters. The normalized spacial score (nSPS) is 0. The molecule has 0 rings (SSSR count). The molecule has 0 unspecified atom stereocenters. The molecule has 2 N–H and O–H groups in total.